The van der Waals surface area contributed by atoms with Crippen LogP contribution in [0.15, 0.2) is 60.8 Å². The normalized spacial score (nSPS) is 10.4. The van der Waals surface area contributed by atoms with Gasteiger partial charge in [-0.05, 0) is 49.4 Å². The zero-order valence-corrected chi connectivity index (χ0v) is 14.1. The summed E-state index contributed by atoms with van der Waals surface area (Å²) in [5.74, 6) is -0.203. The van der Waals surface area contributed by atoms with E-state index in [1.165, 1.54) is 18.3 Å². The standard InChI is InChI=1S/C19H15ClFN3O/c1-12-2-5-14(6-3-12)24-19(25)13-4-9-18(22-11-13)23-15-7-8-17(21)16(20)10-15/h2-11H,1H3,(H,22,23)(H,24,25). The Balaban J connectivity index is 1.67. The van der Waals surface area contributed by atoms with E-state index in [1.54, 1.807) is 18.2 Å². The average Bonchev–Trinajstić information content (AvgIpc) is 2.61. The van der Waals surface area contributed by atoms with Crippen molar-refractivity contribution in [3.05, 3.63) is 82.8 Å². The van der Waals surface area contributed by atoms with Gasteiger partial charge in [0.15, 0.2) is 0 Å². The summed E-state index contributed by atoms with van der Waals surface area (Å²) in [6, 6.07) is 15.2. The lowest BCUT2D eigenvalue weighted by atomic mass is 10.2. The molecule has 1 amide bonds. The zero-order valence-electron chi connectivity index (χ0n) is 13.4. The Bertz CT molecular complexity index is 896. The Morgan fingerprint density at radius 3 is 2.40 bits per heavy atom. The van der Waals surface area contributed by atoms with E-state index in [0.29, 0.717) is 17.1 Å². The molecule has 3 rings (SSSR count). The van der Waals surface area contributed by atoms with E-state index < -0.39 is 5.82 Å². The number of benzene rings is 2. The molecule has 0 atom stereocenters. The van der Waals surface area contributed by atoms with Crippen LogP contribution >= 0.6 is 11.6 Å². The second-order valence-corrected chi connectivity index (χ2v) is 5.91. The summed E-state index contributed by atoms with van der Waals surface area (Å²) >= 11 is 5.75. The van der Waals surface area contributed by atoms with Crippen molar-refractivity contribution in [3.63, 3.8) is 0 Å². The minimum absolute atomic E-state index is 0.0269. The summed E-state index contributed by atoms with van der Waals surface area (Å²) in [4.78, 5) is 16.4. The first-order chi connectivity index (χ1) is 12.0. The van der Waals surface area contributed by atoms with Crippen molar-refractivity contribution in [2.24, 2.45) is 0 Å². The van der Waals surface area contributed by atoms with Crippen LogP contribution in [0.4, 0.5) is 21.6 Å². The second kappa shape index (κ2) is 7.32. The third-order valence-electron chi connectivity index (χ3n) is 3.53. The van der Waals surface area contributed by atoms with Crippen LogP contribution in [0.25, 0.3) is 0 Å². The molecule has 1 heterocycles. The van der Waals surface area contributed by atoms with Crippen LogP contribution in [-0.2, 0) is 0 Å². The number of anilines is 3. The monoisotopic (exact) mass is 355 g/mol. The van der Waals surface area contributed by atoms with Crippen molar-refractivity contribution < 1.29 is 9.18 Å². The quantitative estimate of drug-likeness (QED) is 0.678. The minimum atomic E-state index is -0.483. The largest absolute Gasteiger partial charge is 0.340 e. The highest BCUT2D eigenvalue weighted by Gasteiger charge is 2.07. The number of hydrogen-bond donors (Lipinski definition) is 2. The van der Waals surface area contributed by atoms with Gasteiger partial charge < -0.3 is 10.6 Å². The lowest BCUT2D eigenvalue weighted by molar-refractivity contribution is 0.102. The van der Waals surface area contributed by atoms with Crippen LogP contribution in [0.5, 0.6) is 0 Å². The van der Waals surface area contributed by atoms with Crippen molar-refractivity contribution in [2.45, 2.75) is 6.92 Å². The van der Waals surface area contributed by atoms with Gasteiger partial charge in [-0.2, -0.15) is 0 Å². The molecule has 0 spiro atoms. The Kier molecular flexibility index (Phi) is 4.95. The molecule has 0 aliphatic heterocycles. The van der Waals surface area contributed by atoms with E-state index in [-0.39, 0.29) is 10.9 Å². The molecule has 0 radical (unpaired) electrons. The number of hydrogen-bond acceptors (Lipinski definition) is 3. The molecule has 0 saturated carbocycles. The van der Waals surface area contributed by atoms with Crippen LogP contribution in [0.1, 0.15) is 15.9 Å². The maximum atomic E-state index is 13.2. The van der Waals surface area contributed by atoms with Crippen molar-refractivity contribution in [3.8, 4) is 0 Å². The van der Waals surface area contributed by atoms with Gasteiger partial charge in [-0.3, -0.25) is 4.79 Å². The summed E-state index contributed by atoms with van der Waals surface area (Å²) in [6.45, 7) is 1.98. The molecule has 0 unspecified atom stereocenters. The number of carbonyl (C=O) groups excluding carboxylic acids is 1. The van der Waals surface area contributed by atoms with Crippen LogP contribution in [-0.4, -0.2) is 10.9 Å². The number of aryl methyl sites for hydroxylation is 1. The molecule has 0 aliphatic carbocycles. The van der Waals surface area contributed by atoms with Gasteiger partial charge in [0.05, 0.1) is 10.6 Å². The SMILES string of the molecule is Cc1ccc(NC(=O)c2ccc(Nc3ccc(F)c(Cl)c3)nc2)cc1. The van der Waals surface area contributed by atoms with E-state index in [9.17, 15) is 9.18 Å². The lowest BCUT2D eigenvalue weighted by Crippen LogP contribution is -2.12. The molecule has 0 fully saturated rings. The topological polar surface area (TPSA) is 54.0 Å². The highest BCUT2D eigenvalue weighted by atomic mass is 35.5. The van der Waals surface area contributed by atoms with E-state index in [1.807, 2.05) is 31.2 Å². The summed E-state index contributed by atoms with van der Waals surface area (Å²) < 4.78 is 13.2. The summed E-state index contributed by atoms with van der Waals surface area (Å²) in [5, 5.41) is 5.84. The van der Waals surface area contributed by atoms with E-state index in [2.05, 4.69) is 15.6 Å². The Morgan fingerprint density at radius 1 is 1.04 bits per heavy atom. The first-order valence-corrected chi connectivity index (χ1v) is 7.95. The molecular formula is C19H15ClFN3O. The predicted molar refractivity (Wildman–Crippen MR) is 98.1 cm³/mol. The molecule has 2 N–H and O–H groups in total. The molecule has 3 aromatic rings. The van der Waals surface area contributed by atoms with Crippen LogP contribution in [0, 0.1) is 12.7 Å². The maximum absolute atomic E-state index is 13.2. The number of nitrogens with one attached hydrogen (secondary N) is 2. The second-order valence-electron chi connectivity index (χ2n) is 5.51. The van der Waals surface area contributed by atoms with E-state index >= 15 is 0 Å². The highest BCUT2D eigenvalue weighted by molar-refractivity contribution is 6.31. The molecule has 6 heteroatoms. The van der Waals surface area contributed by atoms with Gasteiger partial charge in [-0.25, -0.2) is 9.37 Å². The van der Waals surface area contributed by atoms with Crippen LogP contribution in [0.3, 0.4) is 0 Å². The molecule has 0 bridgehead atoms. The number of halogens is 2. The van der Waals surface area contributed by atoms with Gasteiger partial charge in [-0.1, -0.05) is 29.3 Å². The highest BCUT2D eigenvalue weighted by Crippen LogP contribution is 2.22. The number of pyridine rings is 1. The number of amides is 1. The fourth-order valence-electron chi connectivity index (χ4n) is 2.16. The Labute approximate surface area is 149 Å². The number of aromatic nitrogens is 1. The molecule has 0 saturated heterocycles. The molecule has 126 valence electrons. The van der Waals surface area contributed by atoms with Crippen molar-refractivity contribution in [2.75, 3.05) is 10.6 Å². The first kappa shape index (κ1) is 16.9. The predicted octanol–water partition coefficient (Wildman–Crippen LogP) is 5.18. The molecular weight excluding hydrogens is 341 g/mol. The van der Waals surface area contributed by atoms with Crippen molar-refractivity contribution >= 4 is 34.7 Å². The molecule has 0 aliphatic rings. The average molecular weight is 356 g/mol. The summed E-state index contributed by atoms with van der Waals surface area (Å²) in [7, 11) is 0. The van der Waals surface area contributed by atoms with E-state index in [4.69, 9.17) is 11.6 Å². The number of carbonyl (C=O) groups is 1. The van der Waals surface area contributed by atoms with Crippen LogP contribution in [0.2, 0.25) is 5.02 Å². The number of nitrogens with zero attached hydrogens (tertiary/aromatic N) is 1. The third-order valence-corrected chi connectivity index (χ3v) is 3.82. The molecule has 1 aromatic heterocycles. The van der Waals surface area contributed by atoms with Gasteiger partial charge in [-0.15, -0.1) is 0 Å². The molecule has 2 aromatic carbocycles. The fourth-order valence-corrected chi connectivity index (χ4v) is 2.34. The first-order valence-electron chi connectivity index (χ1n) is 7.57. The van der Waals surface area contributed by atoms with Crippen LogP contribution < -0.4 is 10.6 Å². The fraction of sp³-hybridized carbons (Fsp3) is 0.0526. The Hall–Kier alpha value is -2.92. The molecule has 25 heavy (non-hydrogen) atoms. The minimum Gasteiger partial charge on any atom is -0.340 e. The van der Waals surface area contributed by atoms with Gasteiger partial charge in [0.25, 0.3) is 5.91 Å². The third kappa shape index (κ3) is 4.33. The van der Waals surface area contributed by atoms with E-state index in [0.717, 1.165) is 11.3 Å². The van der Waals surface area contributed by atoms with Gasteiger partial charge in [0.1, 0.15) is 11.6 Å². The number of rotatable bonds is 4. The Morgan fingerprint density at radius 2 is 1.76 bits per heavy atom. The zero-order chi connectivity index (χ0) is 17.8. The maximum Gasteiger partial charge on any atom is 0.257 e. The summed E-state index contributed by atoms with van der Waals surface area (Å²) in [5.41, 5.74) is 2.88. The van der Waals surface area contributed by atoms with Gasteiger partial charge >= 0.3 is 0 Å². The van der Waals surface area contributed by atoms with Crippen molar-refractivity contribution in [1.82, 2.24) is 4.98 Å². The van der Waals surface area contributed by atoms with Gasteiger partial charge in [0, 0.05) is 17.6 Å². The summed E-state index contributed by atoms with van der Waals surface area (Å²) in [6.07, 6.45) is 1.47. The lowest BCUT2D eigenvalue weighted by Gasteiger charge is -2.08. The van der Waals surface area contributed by atoms with Gasteiger partial charge in [0.2, 0.25) is 0 Å². The molecule has 4 nitrogen and oxygen atoms in total. The van der Waals surface area contributed by atoms with Crippen molar-refractivity contribution in [1.29, 1.82) is 0 Å². The smallest absolute Gasteiger partial charge is 0.257 e.